The second-order valence-electron chi connectivity index (χ2n) is 2.27. The molecule has 2 rings (SSSR count). The van der Waals surface area contributed by atoms with E-state index in [0.29, 0.717) is 10.9 Å². The zero-order valence-electron chi connectivity index (χ0n) is 6.02. The molecule has 0 aliphatic carbocycles. The molecule has 0 radical (unpaired) electrons. The molecule has 0 aliphatic rings. The predicted octanol–water partition coefficient (Wildman–Crippen LogP) is 1.39. The summed E-state index contributed by atoms with van der Waals surface area (Å²) in [5.41, 5.74) is 6.74. The lowest BCUT2D eigenvalue weighted by atomic mass is 10.3. The highest BCUT2D eigenvalue weighted by molar-refractivity contribution is 5.77. The number of nitrogens with one attached hydrogen (secondary N) is 1. The Morgan fingerprint density at radius 2 is 2.17 bits per heavy atom. The van der Waals surface area contributed by atoms with E-state index in [1.165, 1.54) is 0 Å². The highest BCUT2D eigenvalue weighted by atomic mass is 16.5. The molecule has 0 atom stereocenters. The summed E-state index contributed by atoms with van der Waals surface area (Å²) in [6, 6.07) is 6.77. The first kappa shape index (κ1) is 6.78. The minimum atomic E-state index is -0.471. The molecule has 12 heavy (non-hydrogen) atoms. The summed E-state index contributed by atoms with van der Waals surface area (Å²) in [6.45, 7) is 0. The van der Waals surface area contributed by atoms with Gasteiger partial charge in [0.05, 0.1) is 5.39 Å². The van der Waals surface area contributed by atoms with E-state index < -0.39 is 5.63 Å². The molecule has 5 heteroatoms. The Kier molecular flexibility index (Phi) is 1.30. The van der Waals surface area contributed by atoms with Crippen LogP contribution in [0.1, 0.15) is 0 Å². The largest absolute Gasteiger partial charge is 0.368 e. The molecule has 5 nitrogen and oxygen atoms in total. The van der Waals surface area contributed by atoms with Crippen molar-refractivity contribution < 1.29 is 4.52 Å². The molecule has 0 fully saturated rings. The SMILES string of the molecule is N=Nn1oc(=O)c2ccccc21. The van der Waals surface area contributed by atoms with Gasteiger partial charge in [0.25, 0.3) is 0 Å². The average molecular weight is 163 g/mol. The second-order valence-corrected chi connectivity index (χ2v) is 2.27. The van der Waals surface area contributed by atoms with Crippen LogP contribution < -0.4 is 5.63 Å². The van der Waals surface area contributed by atoms with Crippen molar-refractivity contribution in [2.75, 3.05) is 0 Å². The van der Waals surface area contributed by atoms with E-state index in [4.69, 9.17) is 5.53 Å². The molecule has 1 N–H and O–H groups in total. The van der Waals surface area contributed by atoms with Gasteiger partial charge in [0, 0.05) is 0 Å². The van der Waals surface area contributed by atoms with Gasteiger partial charge in [-0.15, -0.1) is 0 Å². The lowest BCUT2D eigenvalue weighted by Crippen LogP contribution is -1.90. The number of benzene rings is 1. The maximum atomic E-state index is 11.0. The second kappa shape index (κ2) is 2.30. The summed E-state index contributed by atoms with van der Waals surface area (Å²) < 4.78 is 4.62. The summed E-state index contributed by atoms with van der Waals surface area (Å²) in [5, 5.41) is 3.46. The fourth-order valence-corrected chi connectivity index (χ4v) is 1.06. The lowest BCUT2D eigenvalue weighted by Gasteiger charge is -1.86. The molecule has 0 amide bonds. The van der Waals surface area contributed by atoms with E-state index in [1.807, 2.05) is 0 Å². The molecule has 1 aromatic carbocycles. The number of rotatable bonds is 1. The highest BCUT2D eigenvalue weighted by Gasteiger charge is 2.05. The van der Waals surface area contributed by atoms with Gasteiger partial charge in [-0.2, -0.15) is 5.53 Å². The fraction of sp³-hybridized carbons (Fsp3) is 0. The van der Waals surface area contributed by atoms with Crippen LogP contribution in [0.3, 0.4) is 0 Å². The molecular weight excluding hydrogens is 158 g/mol. The number of nitrogens with zero attached hydrogens (tertiary/aromatic N) is 2. The first-order chi connectivity index (χ1) is 5.83. The molecule has 1 heterocycles. The van der Waals surface area contributed by atoms with Crippen LogP contribution in [-0.2, 0) is 0 Å². The van der Waals surface area contributed by atoms with Gasteiger partial charge in [0.2, 0.25) is 0 Å². The summed E-state index contributed by atoms with van der Waals surface area (Å²) >= 11 is 0. The monoisotopic (exact) mass is 163 g/mol. The summed E-state index contributed by atoms with van der Waals surface area (Å²) in [4.78, 5) is 11.9. The van der Waals surface area contributed by atoms with Gasteiger partial charge in [-0.3, -0.25) is 0 Å². The minimum Gasteiger partial charge on any atom is -0.312 e. The Morgan fingerprint density at radius 1 is 1.42 bits per heavy atom. The van der Waals surface area contributed by atoms with Gasteiger partial charge >= 0.3 is 5.63 Å². The van der Waals surface area contributed by atoms with Crippen LogP contribution in [-0.4, -0.2) is 4.85 Å². The molecule has 1 aromatic heterocycles. The topological polar surface area (TPSA) is 71.3 Å². The zero-order chi connectivity index (χ0) is 8.55. The predicted molar refractivity (Wildman–Crippen MR) is 41.0 cm³/mol. The van der Waals surface area contributed by atoms with E-state index in [-0.39, 0.29) is 0 Å². The standard InChI is InChI=1S/C7H5N3O2/c8-9-10-6-4-2-1-3-5(6)7(11)12-10/h1-4,8H. The zero-order valence-corrected chi connectivity index (χ0v) is 6.02. The quantitative estimate of drug-likeness (QED) is 0.645. The average Bonchev–Trinajstić information content (AvgIpc) is 2.44. The first-order valence-corrected chi connectivity index (χ1v) is 3.32. The van der Waals surface area contributed by atoms with Gasteiger partial charge in [-0.1, -0.05) is 17.0 Å². The molecule has 0 saturated carbocycles. The van der Waals surface area contributed by atoms with Crippen LogP contribution in [0.2, 0.25) is 0 Å². The number of hydrogen-bond donors (Lipinski definition) is 1. The Bertz CT molecular complexity index is 483. The van der Waals surface area contributed by atoms with Crippen molar-refractivity contribution in [2.24, 2.45) is 5.22 Å². The van der Waals surface area contributed by atoms with Gasteiger partial charge in [-0.05, 0) is 17.4 Å². The minimum absolute atomic E-state index is 0.438. The first-order valence-electron chi connectivity index (χ1n) is 3.32. The molecule has 60 valence electrons. The van der Waals surface area contributed by atoms with E-state index in [1.54, 1.807) is 24.3 Å². The van der Waals surface area contributed by atoms with Crippen LogP contribution in [0.25, 0.3) is 10.9 Å². The van der Waals surface area contributed by atoms with Crippen molar-refractivity contribution >= 4 is 10.9 Å². The van der Waals surface area contributed by atoms with Crippen LogP contribution >= 0.6 is 0 Å². The Balaban J connectivity index is 3.00. The summed E-state index contributed by atoms with van der Waals surface area (Å²) in [5.74, 6) is 0. The number of fused-ring (bicyclic) bond motifs is 1. The Morgan fingerprint density at radius 3 is 2.92 bits per heavy atom. The summed E-state index contributed by atoms with van der Waals surface area (Å²) in [7, 11) is 0. The highest BCUT2D eigenvalue weighted by Crippen LogP contribution is 2.09. The van der Waals surface area contributed by atoms with E-state index in [2.05, 4.69) is 9.75 Å². The van der Waals surface area contributed by atoms with Crippen molar-refractivity contribution in [3.05, 3.63) is 34.7 Å². The van der Waals surface area contributed by atoms with Crippen LogP contribution in [0.5, 0.6) is 0 Å². The molecule has 0 saturated heterocycles. The maximum Gasteiger partial charge on any atom is 0.368 e. The summed E-state index contributed by atoms with van der Waals surface area (Å²) in [6.07, 6.45) is 0. The third-order valence-electron chi connectivity index (χ3n) is 1.59. The van der Waals surface area contributed by atoms with Crippen molar-refractivity contribution in [1.82, 2.24) is 4.85 Å². The van der Waals surface area contributed by atoms with Crippen molar-refractivity contribution in [1.29, 1.82) is 5.53 Å². The third kappa shape index (κ3) is 0.763. The fourth-order valence-electron chi connectivity index (χ4n) is 1.06. The van der Waals surface area contributed by atoms with Gasteiger partial charge in [0.1, 0.15) is 5.52 Å². The molecule has 0 spiro atoms. The van der Waals surface area contributed by atoms with Crippen molar-refractivity contribution in [3.8, 4) is 0 Å². The van der Waals surface area contributed by atoms with Gasteiger partial charge < -0.3 is 4.52 Å². The van der Waals surface area contributed by atoms with Crippen LogP contribution in [0.4, 0.5) is 0 Å². The van der Waals surface area contributed by atoms with Crippen LogP contribution in [0.15, 0.2) is 38.8 Å². The van der Waals surface area contributed by atoms with E-state index in [0.717, 1.165) is 4.85 Å². The maximum absolute atomic E-state index is 11.0. The smallest absolute Gasteiger partial charge is 0.312 e. The normalized spacial score (nSPS) is 10.3. The third-order valence-corrected chi connectivity index (χ3v) is 1.59. The Hall–Kier alpha value is -1.91. The van der Waals surface area contributed by atoms with Crippen molar-refractivity contribution in [2.45, 2.75) is 0 Å². The van der Waals surface area contributed by atoms with E-state index in [9.17, 15) is 4.79 Å². The lowest BCUT2D eigenvalue weighted by molar-refractivity contribution is 0.274. The van der Waals surface area contributed by atoms with Gasteiger partial charge in [0.15, 0.2) is 0 Å². The Labute approximate surface area is 66.7 Å². The number of para-hydroxylation sites is 1. The molecule has 0 unspecified atom stereocenters. The van der Waals surface area contributed by atoms with Crippen molar-refractivity contribution in [3.63, 3.8) is 0 Å². The molecule has 0 aliphatic heterocycles. The van der Waals surface area contributed by atoms with E-state index >= 15 is 0 Å². The molecular formula is C7H5N3O2. The number of hydrogen-bond acceptors (Lipinski definition) is 4. The number of aromatic nitrogens is 1. The van der Waals surface area contributed by atoms with Gasteiger partial charge in [-0.25, -0.2) is 4.79 Å². The molecule has 2 aromatic rings. The molecule has 0 bridgehead atoms. The van der Waals surface area contributed by atoms with Crippen LogP contribution in [0, 0.1) is 5.53 Å².